The number of aromatic nitrogens is 3. The molecule has 0 saturated carbocycles. The van der Waals surface area contributed by atoms with E-state index < -0.39 is 0 Å². The fourth-order valence-electron chi connectivity index (χ4n) is 3.42. The van der Waals surface area contributed by atoms with E-state index in [1.165, 1.54) is 11.8 Å². The van der Waals surface area contributed by atoms with E-state index in [2.05, 4.69) is 0 Å². The molecule has 3 aromatic carbocycles. The van der Waals surface area contributed by atoms with Gasteiger partial charge in [0.25, 0.3) is 0 Å². The molecule has 0 radical (unpaired) electrons. The molecule has 32 heavy (non-hydrogen) atoms. The molecule has 0 saturated heterocycles. The molecular weight excluding hydrogens is 422 g/mol. The lowest BCUT2D eigenvalue weighted by molar-refractivity contribution is 0.442. The van der Waals surface area contributed by atoms with Crippen LogP contribution in [0.5, 0.6) is 17.4 Å². The molecular formula is C25H19N3O3S. The monoisotopic (exact) mass is 441 g/mol. The van der Waals surface area contributed by atoms with Crippen molar-refractivity contribution in [2.24, 2.45) is 0 Å². The van der Waals surface area contributed by atoms with Gasteiger partial charge in [-0.15, -0.1) is 0 Å². The molecule has 6 nitrogen and oxygen atoms in total. The normalized spacial score (nSPS) is 11.1. The highest BCUT2D eigenvalue weighted by atomic mass is 32.2. The maximum atomic E-state index is 11.0. The number of rotatable bonds is 5. The van der Waals surface area contributed by atoms with Crippen LogP contribution in [0.15, 0.2) is 95.0 Å². The zero-order valence-corrected chi connectivity index (χ0v) is 17.7. The highest BCUT2D eigenvalue weighted by Crippen LogP contribution is 2.35. The van der Waals surface area contributed by atoms with E-state index >= 15 is 0 Å². The van der Waals surface area contributed by atoms with E-state index in [4.69, 9.17) is 9.97 Å². The zero-order chi connectivity index (χ0) is 22.1. The molecule has 0 atom stereocenters. The largest absolute Gasteiger partial charge is 0.508 e. The standard InChI is InChI=1S/C25H19N3O3S/c29-18-10-6-16(7-11-18)14-21-25(31)28-15-22(17-8-12-19(30)13-9-17)27-24(23(28)26-21)32-20-4-2-1-3-5-20/h1-13,15,29-31H,14H2. The Labute approximate surface area is 188 Å². The molecule has 0 fully saturated rings. The van der Waals surface area contributed by atoms with Gasteiger partial charge in [0.05, 0.1) is 5.69 Å². The van der Waals surface area contributed by atoms with Crippen molar-refractivity contribution in [3.05, 3.63) is 96.3 Å². The van der Waals surface area contributed by atoms with Crippen molar-refractivity contribution in [1.29, 1.82) is 0 Å². The van der Waals surface area contributed by atoms with Gasteiger partial charge in [-0.2, -0.15) is 0 Å². The van der Waals surface area contributed by atoms with Crippen LogP contribution in [0.25, 0.3) is 16.9 Å². The predicted molar refractivity (Wildman–Crippen MR) is 123 cm³/mol. The first-order valence-corrected chi connectivity index (χ1v) is 10.8. The van der Waals surface area contributed by atoms with Crippen LogP contribution >= 0.6 is 11.8 Å². The maximum absolute atomic E-state index is 11.0. The molecule has 0 unspecified atom stereocenters. The molecule has 0 aliphatic carbocycles. The van der Waals surface area contributed by atoms with E-state index in [1.807, 2.05) is 30.3 Å². The van der Waals surface area contributed by atoms with Crippen LogP contribution in [0.4, 0.5) is 0 Å². The number of hydrogen-bond acceptors (Lipinski definition) is 6. The first-order valence-electron chi connectivity index (χ1n) is 9.98. The average Bonchev–Trinajstić information content (AvgIpc) is 3.12. The SMILES string of the molecule is Oc1ccc(Cc2nc3c(Sc4ccccc4)nc(-c4ccc(O)cc4)cn3c2O)cc1. The van der Waals surface area contributed by atoms with Gasteiger partial charge in [0.1, 0.15) is 22.2 Å². The number of aromatic hydroxyl groups is 3. The van der Waals surface area contributed by atoms with Crippen LogP contribution < -0.4 is 0 Å². The van der Waals surface area contributed by atoms with Gasteiger partial charge in [0.15, 0.2) is 5.65 Å². The Morgan fingerprint density at radius 1 is 0.750 bits per heavy atom. The third-order valence-electron chi connectivity index (χ3n) is 5.05. The molecule has 5 rings (SSSR count). The predicted octanol–water partition coefficient (Wildman–Crippen LogP) is 5.26. The van der Waals surface area contributed by atoms with Gasteiger partial charge in [-0.3, -0.25) is 4.40 Å². The van der Waals surface area contributed by atoms with Gasteiger partial charge in [-0.1, -0.05) is 42.1 Å². The Kier molecular flexibility index (Phi) is 5.17. The molecule has 7 heteroatoms. The van der Waals surface area contributed by atoms with Crippen molar-refractivity contribution < 1.29 is 15.3 Å². The lowest BCUT2D eigenvalue weighted by atomic mass is 10.1. The van der Waals surface area contributed by atoms with Crippen LogP contribution in [0, 0.1) is 0 Å². The van der Waals surface area contributed by atoms with Crippen molar-refractivity contribution in [2.45, 2.75) is 16.3 Å². The topological polar surface area (TPSA) is 90.9 Å². The minimum Gasteiger partial charge on any atom is -0.508 e. The highest BCUT2D eigenvalue weighted by Gasteiger charge is 2.18. The second kappa shape index (κ2) is 8.28. The van der Waals surface area contributed by atoms with Crippen LogP contribution in [0.1, 0.15) is 11.3 Å². The van der Waals surface area contributed by atoms with Gasteiger partial charge in [-0.05, 0) is 54.1 Å². The Morgan fingerprint density at radius 2 is 1.41 bits per heavy atom. The lowest BCUT2D eigenvalue weighted by Crippen LogP contribution is -1.95. The van der Waals surface area contributed by atoms with E-state index in [0.717, 1.165) is 16.0 Å². The summed E-state index contributed by atoms with van der Waals surface area (Å²) in [4.78, 5) is 10.5. The van der Waals surface area contributed by atoms with Crippen molar-refractivity contribution in [3.8, 4) is 28.6 Å². The van der Waals surface area contributed by atoms with E-state index in [-0.39, 0.29) is 17.4 Å². The van der Waals surface area contributed by atoms with Crippen molar-refractivity contribution >= 4 is 17.4 Å². The summed E-state index contributed by atoms with van der Waals surface area (Å²) in [7, 11) is 0. The Bertz CT molecular complexity index is 1380. The summed E-state index contributed by atoms with van der Waals surface area (Å²) in [5.74, 6) is 0.415. The van der Waals surface area contributed by atoms with Gasteiger partial charge < -0.3 is 15.3 Å². The Hall–Kier alpha value is -3.97. The molecule has 0 amide bonds. The number of nitrogens with zero attached hydrogens (tertiary/aromatic N) is 3. The summed E-state index contributed by atoms with van der Waals surface area (Å²) in [5, 5.41) is 30.8. The van der Waals surface area contributed by atoms with Gasteiger partial charge >= 0.3 is 0 Å². The molecule has 0 bridgehead atoms. The van der Waals surface area contributed by atoms with Crippen molar-refractivity contribution in [2.75, 3.05) is 0 Å². The van der Waals surface area contributed by atoms with Crippen LogP contribution in [-0.4, -0.2) is 29.7 Å². The molecule has 5 aromatic rings. The van der Waals surface area contributed by atoms with Crippen LogP contribution in [-0.2, 0) is 6.42 Å². The van der Waals surface area contributed by atoms with Gasteiger partial charge in [0.2, 0.25) is 5.88 Å². The van der Waals surface area contributed by atoms with Gasteiger partial charge in [-0.25, -0.2) is 9.97 Å². The smallest absolute Gasteiger partial charge is 0.219 e. The molecule has 2 heterocycles. The fourth-order valence-corrected chi connectivity index (χ4v) is 4.32. The van der Waals surface area contributed by atoms with Gasteiger partial charge in [0, 0.05) is 23.1 Å². The fraction of sp³-hybridized carbons (Fsp3) is 0.0400. The average molecular weight is 442 g/mol. The van der Waals surface area contributed by atoms with Crippen LogP contribution in [0.3, 0.4) is 0 Å². The molecule has 158 valence electrons. The number of phenolic OH excluding ortho intramolecular Hbond substituents is 2. The molecule has 0 aliphatic rings. The molecule has 3 N–H and O–H groups in total. The third-order valence-corrected chi connectivity index (χ3v) is 6.02. The Morgan fingerprint density at radius 3 is 2.09 bits per heavy atom. The first-order chi connectivity index (χ1) is 15.6. The molecule has 2 aromatic heterocycles. The quantitative estimate of drug-likeness (QED) is 0.345. The number of phenols is 2. The molecule has 0 aliphatic heterocycles. The number of imidazole rings is 1. The number of hydrogen-bond donors (Lipinski definition) is 3. The summed E-state index contributed by atoms with van der Waals surface area (Å²) >= 11 is 1.47. The van der Waals surface area contributed by atoms with E-state index in [0.29, 0.717) is 28.5 Å². The second-order valence-corrected chi connectivity index (χ2v) is 8.37. The number of fused-ring (bicyclic) bond motifs is 1. The maximum Gasteiger partial charge on any atom is 0.219 e. The first kappa shape index (κ1) is 20.0. The molecule has 0 spiro atoms. The summed E-state index contributed by atoms with van der Waals surface area (Å²) in [5.41, 5.74) is 3.47. The second-order valence-electron chi connectivity index (χ2n) is 7.31. The van der Waals surface area contributed by atoms with E-state index in [9.17, 15) is 15.3 Å². The third kappa shape index (κ3) is 3.98. The summed E-state index contributed by atoms with van der Waals surface area (Å²) < 4.78 is 1.65. The zero-order valence-electron chi connectivity index (χ0n) is 16.9. The Balaban J connectivity index is 1.63. The lowest BCUT2D eigenvalue weighted by Gasteiger charge is -2.08. The number of benzene rings is 3. The van der Waals surface area contributed by atoms with E-state index in [1.54, 1.807) is 59.1 Å². The minimum atomic E-state index is 0.0467. The highest BCUT2D eigenvalue weighted by molar-refractivity contribution is 7.99. The summed E-state index contributed by atoms with van der Waals surface area (Å²) in [6.07, 6.45) is 2.16. The summed E-state index contributed by atoms with van der Waals surface area (Å²) in [6.45, 7) is 0. The minimum absolute atomic E-state index is 0.0467. The summed E-state index contributed by atoms with van der Waals surface area (Å²) in [6, 6.07) is 23.5. The van der Waals surface area contributed by atoms with Crippen molar-refractivity contribution in [1.82, 2.24) is 14.4 Å². The van der Waals surface area contributed by atoms with Crippen LogP contribution in [0.2, 0.25) is 0 Å². The van der Waals surface area contributed by atoms with Crippen molar-refractivity contribution in [3.63, 3.8) is 0 Å².